The first-order chi connectivity index (χ1) is 5.24. The number of aliphatic hydroxyl groups excluding tert-OH is 2. The molecule has 0 rings (SSSR count). The molecule has 66 valence electrons. The highest BCUT2D eigenvalue weighted by Gasteiger charge is 2.08. The van der Waals surface area contributed by atoms with Gasteiger partial charge in [-0.3, -0.25) is 4.79 Å². The zero-order chi connectivity index (χ0) is 8.69. The molecule has 4 N–H and O–H groups in total. The van der Waals surface area contributed by atoms with Gasteiger partial charge in [0.2, 0.25) is 0 Å². The maximum absolute atomic E-state index is 10.4. The zero-order valence-electron chi connectivity index (χ0n) is 6.19. The predicted molar refractivity (Wildman–Crippen MR) is 37.7 cm³/mol. The highest BCUT2D eigenvalue weighted by Crippen LogP contribution is 1.93. The molecule has 0 aliphatic heterocycles. The highest BCUT2D eigenvalue weighted by atomic mass is 16.5. The van der Waals surface area contributed by atoms with Crippen LogP contribution in [-0.4, -0.2) is 42.5 Å². The lowest BCUT2D eigenvalue weighted by Crippen LogP contribution is -2.24. The largest absolute Gasteiger partial charge is 0.464 e. The summed E-state index contributed by atoms with van der Waals surface area (Å²) in [6, 6.07) is 0. The van der Waals surface area contributed by atoms with E-state index in [9.17, 15) is 4.79 Å². The van der Waals surface area contributed by atoms with Gasteiger partial charge in [-0.05, 0) is 0 Å². The summed E-state index contributed by atoms with van der Waals surface area (Å²) in [7, 11) is 0. The number of ether oxygens (including phenoxy) is 1. The van der Waals surface area contributed by atoms with Crippen molar-refractivity contribution in [1.82, 2.24) is 0 Å². The molecule has 0 atom stereocenters. The van der Waals surface area contributed by atoms with Crippen LogP contribution in [0.25, 0.3) is 0 Å². The van der Waals surface area contributed by atoms with Crippen molar-refractivity contribution >= 4 is 5.97 Å². The molecule has 0 aromatic carbocycles. The molecule has 0 bridgehead atoms. The molecule has 0 aromatic heterocycles. The molecule has 0 amide bonds. The predicted octanol–water partition coefficient (Wildman–Crippen LogP) is -1.91. The van der Waals surface area contributed by atoms with E-state index in [4.69, 9.17) is 15.9 Å². The standard InChI is InChI=1S/C6H13NO4/c7-1-6(10)11-4-5(2-8)3-9/h5,8-9H,1-4,7H2. The fraction of sp³-hybridized carbons (Fsp3) is 0.833. The second-order valence-corrected chi connectivity index (χ2v) is 2.12. The van der Waals surface area contributed by atoms with Crippen LogP contribution in [0.1, 0.15) is 0 Å². The fourth-order valence-electron chi connectivity index (χ4n) is 0.433. The van der Waals surface area contributed by atoms with Crippen LogP contribution in [0.5, 0.6) is 0 Å². The zero-order valence-corrected chi connectivity index (χ0v) is 6.19. The van der Waals surface area contributed by atoms with Gasteiger partial charge in [0.1, 0.15) is 0 Å². The van der Waals surface area contributed by atoms with Gasteiger partial charge in [-0.25, -0.2) is 0 Å². The number of hydrogen-bond donors (Lipinski definition) is 3. The van der Waals surface area contributed by atoms with Crippen molar-refractivity contribution in [2.45, 2.75) is 0 Å². The Morgan fingerprint density at radius 1 is 1.45 bits per heavy atom. The first-order valence-electron chi connectivity index (χ1n) is 3.32. The third-order valence-corrected chi connectivity index (χ3v) is 1.16. The van der Waals surface area contributed by atoms with Crippen molar-refractivity contribution in [2.75, 3.05) is 26.4 Å². The van der Waals surface area contributed by atoms with Gasteiger partial charge in [0.15, 0.2) is 0 Å². The van der Waals surface area contributed by atoms with E-state index >= 15 is 0 Å². The molecule has 0 aliphatic carbocycles. The molecule has 0 aromatic rings. The molecule has 0 saturated carbocycles. The Labute approximate surface area is 64.8 Å². The normalized spacial score (nSPS) is 10.2. The number of aliphatic hydroxyl groups is 2. The summed E-state index contributed by atoms with van der Waals surface area (Å²) in [5.74, 6) is -0.928. The molecule has 0 aliphatic rings. The maximum Gasteiger partial charge on any atom is 0.319 e. The monoisotopic (exact) mass is 163 g/mol. The third kappa shape index (κ3) is 4.72. The minimum Gasteiger partial charge on any atom is -0.464 e. The molecule has 11 heavy (non-hydrogen) atoms. The number of rotatable bonds is 5. The van der Waals surface area contributed by atoms with Crippen LogP contribution in [0.2, 0.25) is 0 Å². The summed E-state index contributed by atoms with van der Waals surface area (Å²) in [5, 5.41) is 17.1. The van der Waals surface area contributed by atoms with Crippen LogP contribution < -0.4 is 5.73 Å². The Morgan fingerprint density at radius 3 is 2.36 bits per heavy atom. The van der Waals surface area contributed by atoms with E-state index in [1.807, 2.05) is 0 Å². The van der Waals surface area contributed by atoms with Crippen molar-refractivity contribution in [3.05, 3.63) is 0 Å². The van der Waals surface area contributed by atoms with Gasteiger partial charge in [-0.2, -0.15) is 0 Å². The Hall–Kier alpha value is -0.650. The van der Waals surface area contributed by atoms with Crippen molar-refractivity contribution in [3.8, 4) is 0 Å². The van der Waals surface area contributed by atoms with E-state index < -0.39 is 11.9 Å². The quantitative estimate of drug-likeness (QED) is 0.411. The van der Waals surface area contributed by atoms with Gasteiger partial charge >= 0.3 is 5.97 Å². The van der Waals surface area contributed by atoms with Gasteiger partial charge in [0, 0.05) is 5.92 Å². The molecule has 5 nitrogen and oxygen atoms in total. The second-order valence-electron chi connectivity index (χ2n) is 2.12. The van der Waals surface area contributed by atoms with Crippen LogP contribution in [0, 0.1) is 5.92 Å². The summed E-state index contributed by atoms with van der Waals surface area (Å²) in [5.41, 5.74) is 4.94. The van der Waals surface area contributed by atoms with Crippen LogP contribution in [-0.2, 0) is 9.53 Å². The van der Waals surface area contributed by atoms with Gasteiger partial charge in [0.05, 0.1) is 26.4 Å². The molecule has 0 unspecified atom stereocenters. The molecule has 0 spiro atoms. The van der Waals surface area contributed by atoms with Crippen molar-refractivity contribution in [1.29, 1.82) is 0 Å². The lowest BCUT2D eigenvalue weighted by molar-refractivity contribution is -0.144. The third-order valence-electron chi connectivity index (χ3n) is 1.16. The number of esters is 1. The average molecular weight is 163 g/mol. The minimum atomic E-state index is -0.531. The van der Waals surface area contributed by atoms with Crippen LogP contribution in [0.3, 0.4) is 0 Å². The lowest BCUT2D eigenvalue weighted by Gasteiger charge is -2.10. The molecular formula is C6H13NO4. The molecule has 5 heteroatoms. The van der Waals surface area contributed by atoms with Crippen molar-refractivity contribution in [2.24, 2.45) is 11.7 Å². The van der Waals surface area contributed by atoms with E-state index in [1.54, 1.807) is 0 Å². The average Bonchev–Trinajstić information content (AvgIpc) is 2.06. The van der Waals surface area contributed by atoms with Crippen LogP contribution in [0.4, 0.5) is 0 Å². The smallest absolute Gasteiger partial charge is 0.319 e. The minimum absolute atomic E-state index is 0.0169. The first kappa shape index (κ1) is 10.3. The summed E-state index contributed by atoms with van der Waals surface area (Å²) in [4.78, 5) is 10.4. The SMILES string of the molecule is NCC(=O)OCC(CO)CO. The van der Waals surface area contributed by atoms with E-state index in [1.165, 1.54) is 0 Å². The number of carbonyl (C=O) groups excluding carboxylic acids is 1. The first-order valence-corrected chi connectivity index (χ1v) is 3.32. The second kappa shape index (κ2) is 6.09. The Balaban J connectivity index is 3.42. The highest BCUT2D eigenvalue weighted by molar-refractivity contribution is 5.71. The Kier molecular flexibility index (Phi) is 5.73. The molecule has 0 radical (unpaired) electrons. The summed E-state index contributed by atoms with van der Waals surface area (Å²) < 4.78 is 4.55. The van der Waals surface area contributed by atoms with Crippen molar-refractivity contribution < 1.29 is 19.7 Å². The van der Waals surface area contributed by atoms with Crippen LogP contribution >= 0.6 is 0 Å². The van der Waals surface area contributed by atoms with E-state index in [0.29, 0.717) is 0 Å². The van der Waals surface area contributed by atoms with Gasteiger partial charge in [-0.1, -0.05) is 0 Å². The molecule has 0 fully saturated rings. The summed E-state index contributed by atoms with van der Waals surface area (Å²) in [6.45, 7) is -0.560. The van der Waals surface area contributed by atoms with Crippen LogP contribution in [0.15, 0.2) is 0 Å². The topological polar surface area (TPSA) is 92.8 Å². The van der Waals surface area contributed by atoms with Gasteiger partial charge in [-0.15, -0.1) is 0 Å². The van der Waals surface area contributed by atoms with Gasteiger partial charge in [0.25, 0.3) is 0 Å². The summed E-state index contributed by atoms with van der Waals surface area (Å²) >= 11 is 0. The van der Waals surface area contributed by atoms with Gasteiger partial charge < -0.3 is 20.7 Å². The lowest BCUT2D eigenvalue weighted by atomic mass is 10.2. The fourth-order valence-corrected chi connectivity index (χ4v) is 0.433. The Morgan fingerprint density at radius 2 is 2.00 bits per heavy atom. The number of hydrogen-bond acceptors (Lipinski definition) is 5. The molecule has 0 heterocycles. The van der Waals surface area contributed by atoms with Crippen molar-refractivity contribution in [3.63, 3.8) is 0 Å². The number of nitrogens with two attached hydrogens (primary N) is 1. The number of carbonyl (C=O) groups is 1. The van der Waals surface area contributed by atoms with E-state index in [-0.39, 0.29) is 26.4 Å². The summed E-state index contributed by atoms with van der Waals surface area (Å²) in [6.07, 6.45) is 0. The molecule has 0 saturated heterocycles. The molecular weight excluding hydrogens is 150 g/mol. The Bertz CT molecular complexity index is 113. The van der Waals surface area contributed by atoms with E-state index in [0.717, 1.165) is 0 Å². The van der Waals surface area contributed by atoms with E-state index in [2.05, 4.69) is 4.74 Å². The maximum atomic E-state index is 10.4.